The first-order valence-corrected chi connectivity index (χ1v) is 6.03. The summed E-state index contributed by atoms with van der Waals surface area (Å²) in [5.74, 6) is 0.920. The number of hydrogen-bond acceptors (Lipinski definition) is 6. The molecule has 2 aromatic rings. The minimum absolute atomic E-state index is 0.133. The summed E-state index contributed by atoms with van der Waals surface area (Å²) in [6.45, 7) is 0. The number of ether oxygens (including phenoxy) is 4. The maximum atomic E-state index is 11.7. The van der Waals surface area contributed by atoms with Crippen molar-refractivity contribution in [3.63, 3.8) is 0 Å². The largest absolute Gasteiger partial charge is 0.519 e. The van der Waals surface area contributed by atoms with Crippen LogP contribution in [0.2, 0.25) is 0 Å². The summed E-state index contributed by atoms with van der Waals surface area (Å²) in [6, 6.07) is 10.9. The standard InChI is InChI=1S/C15H14O6/c1-18-12-8-7-10(9-11(12)16)20-15(17)21-14-6-4-3-5-13(14)19-2/h3-9,16H,1-2H3. The third-order valence-electron chi connectivity index (χ3n) is 2.61. The number of rotatable bonds is 4. The van der Waals surface area contributed by atoms with Crippen LogP contribution in [0.25, 0.3) is 0 Å². The van der Waals surface area contributed by atoms with Crippen molar-refractivity contribution in [3.8, 4) is 28.7 Å². The Morgan fingerprint density at radius 2 is 1.57 bits per heavy atom. The van der Waals surface area contributed by atoms with Gasteiger partial charge in [-0.25, -0.2) is 4.79 Å². The van der Waals surface area contributed by atoms with E-state index in [4.69, 9.17) is 18.9 Å². The van der Waals surface area contributed by atoms with Gasteiger partial charge in [0.05, 0.1) is 14.2 Å². The van der Waals surface area contributed by atoms with Crippen LogP contribution < -0.4 is 18.9 Å². The van der Waals surface area contributed by atoms with Crippen LogP contribution in [0.15, 0.2) is 42.5 Å². The molecule has 2 rings (SSSR count). The Bertz CT molecular complexity index is 638. The smallest absolute Gasteiger partial charge is 0.504 e. The van der Waals surface area contributed by atoms with E-state index in [1.54, 1.807) is 24.3 Å². The van der Waals surface area contributed by atoms with Gasteiger partial charge in [0, 0.05) is 6.07 Å². The van der Waals surface area contributed by atoms with Crippen LogP contribution in [-0.2, 0) is 0 Å². The Balaban J connectivity index is 2.06. The molecule has 110 valence electrons. The number of aromatic hydroxyl groups is 1. The van der Waals surface area contributed by atoms with Crippen molar-refractivity contribution in [2.24, 2.45) is 0 Å². The molecule has 0 unspecified atom stereocenters. The molecule has 0 aromatic heterocycles. The monoisotopic (exact) mass is 290 g/mol. The van der Waals surface area contributed by atoms with Gasteiger partial charge < -0.3 is 24.1 Å². The van der Waals surface area contributed by atoms with Crippen molar-refractivity contribution in [2.75, 3.05) is 14.2 Å². The van der Waals surface area contributed by atoms with Gasteiger partial charge in [-0.1, -0.05) is 12.1 Å². The molecule has 0 bridgehead atoms. The average molecular weight is 290 g/mol. The van der Waals surface area contributed by atoms with Gasteiger partial charge in [0.25, 0.3) is 0 Å². The molecule has 6 nitrogen and oxygen atoms in total. The fourth-order valence-corrected chi connectivity index (χ4v) is 1.64. The highest BCUT2D eigenvalue weighted by molar-refractivity contribution is 5.68. The molecule has 0 radical (unpaired) electrons. The molecule has 0 aliphatic heterocycles. The number of methoxy groups -OCH3 is 2. The zero-order valence-electron chi connectivity index (χ0n) is 11.5. The van der Waals surface area contributed by atoms with Crippen molar-refractivity contribution < 1.29 is 28.8 Å². The molecule has 0 aliphatic rings. The highest BCUT2D eigenvalue weighted by Crippen LogP contribution is 2.30. The van der Waals surface area contributed by atoms with Crippen molar-refractivity contribution in [2.45, 2.75) is 0 Å². The van der Waals surface area contributed by atoms with E-state index in [0.29, 0.717) is 5.75 Å². The zero-order chi connectivity index (χ0) is 15.2. The molecule has 21 heavy (non-hydrogen) atoms. The Morgan fingerprint density at radius 3 is 2.19 bits per heavy atom. The second-order valence-electron chi connectivity index (χ2n) is 3.94. The molecule has 6 heteroatoms. The van der Waals surface area contributed by atoms with E-state index in [0.717, 1.165) is 0 Å². The molecule has 0 aliphatic carbocycles. The van der Waals surface area contributed by atoms with Crippen LogP contribution in [0.5, 0.6) is 28.7 Å². The first-order chi connectivity index (χ1) is 10.1. The van der Waals surface area contributed by atoms with Crippen molar-refractivity contribution in [1.82, 2.24) is 0 Å². The highest BCUT2D eigenvalue weighted by atomic mass is 16.7. The molecular weight excluding hydrogens is 276 g/mol. The maximum absolute atomic E-state index is 11.7. The highest BCUT2D eigenvalue weighted by Gasteiger charge is 2.13. The van der Waals surface area contributed by atoms with E-state index >= 15 is 0 Å². The van der Waals surface area contributed by atoms with Gasteiger partial charge in [0.1, 0.15) is 5.75 Å². The Hall–Kier alpha value is -2.89. The van der Waals surface area contributed by atoms with Crippen LogP contribution in [-0.4, -0.2) is 25.5 Å². The quantitative estimate of drug-likeness (QED) is 0.689. The molecule has 1 N–H and O–H groups in total. The van der Waals surface area contributed by atoms with Crippen molar-refractivity contribution in [3.05, 3.63) is 42.5 Å². The Morgan fingerprint density at radius 1 is 0.905 bits per heavy atom. The summed E-state index contributed by atoms with van der Waals surface area (Å²) in [6.07, 6.45) is -0.941. The van der Waals surface area contributed by atoms with Gasteiger partial charge in [0.15, 0.2) is 23.0 Å². The lowest BCUT2D eigenvalue weighted by Gasteiger charge is -2.09. The molecule has 0 fully saturated rings. The minimum atomic E-state index is -0.941. The number of carbonyl (C=O) groups is 1. The van der Waals surface area contributed by atoms with E-state index in [1.807, 2.05) is 0 Å². The lowest BCUT2D eigenvalue weighted by atomic mass is 10.3. The van der Waals surface area contributed by atoms with Gasteiger partial charge in [-0.15, -0.1) is 0 Å². The van der Waals surface area contributed by atoms with E-state index < -0.39 is 6.16 Å². The normalized spacial score (nSPS) is 9.81. The van der Waals surface area contributed by atoms with Gasteiger partial charge in [-0.05, 0) is 24.3 Å². The fraction of sp³-hybridized carbons (Fsp3) is 0.133. The van der Waals surface area contributed by atoms with Crippen molar-refractivity contribution >= 4 is 6.16 Å². The molecule has 0 amide bonds. The Labute approximate surface area is 121 Å². The van der Waals surface area contributed by atoms with Crippen LogP contribution in [0, 0.1) is 0 Å². The summed E-state index contributed by atoms with van der Waals surface area (Å²) in [7, 11) is 2.89. The predicted octanol–water partition coefficient (Wildman–Crippen LogP) is 2.99. The van der Waals surface area contributed by atoms with E-state index in [2.05, 4.69) is 0 Å². The van der Waals surface area contributed by atoms with Crippen LogP contribution in [0.1, 0.15) is 0 Å². The van der Waals surface area contributed by atoms with Crippen LogP contribution >= 0.6 is 0 Å². The van der Waals surface area contributed by atoms with Gasteiger partial charge in [-0.3, -0.25) is 0 Å². The first kappa shape index (κ1) is 14.5. The van der Waals surface area contributed by atoms with Gasteiger partial charge in [-0.2, -0.15) is 0 Å². The van der Waals surface area contributed by atoms with Crippen molar-refractivity contribution in [1.29, 1.82) is 0 Å². The van der Waals surface area contributed by atoms with E-state index in [-0.39, 0.29) is 23.0 Å². The topological polar surface area (TPSA) is 74.2 Å². The maximum Gasteiger partial charge on any atom is 0.519 e. The lowest BCUT2D eigenvalue weighted by Crippen LogP contribution is -2.14. The molecule has 2 aromatic carbocycles. The minimum Gasteiger partial charge on any atom is -0.504 e. The molecule has 0 atom stereocenters. The number of benzene rings is 2. The SMILES string of the molecule is COc1ccc(OC(=O)Oc2ccccc2OC)cc1O. The molecular formula is C15H14O6. The van der Waals surface area contributed by atoms with E-state index in [9.17, 15) is 9.90 Å². The third-order valence-corrected chi connectivity index (χ3v) is 2.61. The summed E-state index contributed by atoms with van der Waals surface area (Å²) in [4.78, 5) is 11.7. The first-order valence-electron chi connectivity index (χ1n) is 6.03. The van der Waals surface area contributed by atoms with Gasteiger partial charge >= 0.3 is 6.16 Å². The Kier molecular flexibility index (Phi) is 4.50. The van der Waals surface area contributed by atoms with E-state index in [1.165, 1.54) is 32.4 Å². The molecule has 0 saturated carbocycles. The summed E-state index contributed by atoms with van der Waals surface area (Å²) >= 11 is 0. The predicted molar refractivity (Wildman–Crippen MR) is 74.3 cm³/mol. The fourth-order valence-electron chi connectivity index (χ4n) is 1.64. The number of hydrogen-bond donors (Lipinski definition) is 1. The van der Waals surface area contributed by atoms with Crippen LogP contribution in [0.3, 0.4) is 0 Å². The second kappa shape index (κ2) is 6.51. The number of carbonyl (C=O) groups excluding carboxylic acids is 1. The lowest BCUT2D eigenvalue weighted by molar-refractivity contribution is 0.150. The summed E-state index contributed by atoms with van der Waals surface area (Å²) < 4.78 is 20.0. The summed E-state index contributed by atoms with van der Waals surface area (Å²) in [5.41, 5.74) is 0. The zero-order valence-corrected chi connectivity index (χ0v) is 11.5. The average Bonchev–Trinajstić information content (AvgIpc) is 2.48. The molecule has 0 heterocycles. The number of para-hydroxylation sites is 2. The second-order valence-corrected chi connectivity index (χ2v) is 3.94. The molecule has 0 saturated heterocycles. The summed E-state index contributed by atoms with van der Waals surface area (Å²) in [5, 5.41) is 9.60. The third kappa shape index (κ3) is 3.56. The van der Waals surface area contributed by atoms with Crippen LogP contribution in [0.4, 0.5) is 4.79 Å². The number of phenols is 1. The molecule has 0 spiro atoms. The van der Waals surface area contributed by atoms with Gasteiger partial charge in [0.2, 0.25) is 0 Å². The number of phenolic OH excluding ortho intramolecular Hbond substituents is 1.